The standard InChI is InChI=1S/C13H13N/c1-11(2)5-3-6-12-7-4-8-13(9-12)10-14/h4,7-9,11H,5H2,1-2H3. The lowest BCUT2D eigenvalue weighted by Gasteiger charge is -1.94. The van der Waals surface area contributed by atoms with E-state index in [4.69, 9.17) is 5.26 Å². The van der Waals surface area contributed by atoms with E-state index in [0.29, 0.717) is 11.5 Å². The molecule has 0 radical (unpaired) electrons. The highest BCUT2D eigenvalue weighted by atomic mass is 14.2. The Kier molecular flexibility index (Phi) is 3.77. The van der Waals surface area contributed by atoms with Crippen LogP contribution in [0, 0.1) is 29.1 Å². The molecule has 0 aliphatic rings. The maximum absolute atomic E-state index is 8.68. The maximum Gasteiger partial charge on any atom is 0.0992 e. The van der Waals surface area contributed by atoms with Crippen molar-refractivity contribution in [3.8, 4) is 17.9 Å². The molecule has 1 nitrogen and oxygen atoms in total. The van der Waals surface area contributed by atoms with Crippen LogP contribution in [0.2, 0.25) is 0 Å². The molecule has 1 heteroatoms. The van der Waals surface area contributed by atoms with E-state index >= 15 is 0 Å². The van der Waals surface area contributed by atoms with E-state index in [2.05, 4.69) is 31.8 Å². The van der Waals surface area contributed by atoms with Gasteiger partial charge in [0, 0.05) is 12.0 Å². The second-order valence-corrected chi connectivity index (χ2v) is 3.59. The largest absolute Gasteiger partial charge is 0.192 e. The molecule has 0 fully saturated rings. The van der Waals surface area contributed by atoms with Crippen molar-refractivity contribution >= 4 is 0 Å². The molecule has 0 saturated carbocycles. The van der Waals surface area contributed by atoms with Crippen LogP contribution in [0.1, 0.15) is 31.4 Å². The zero-order chi connectivity index (χ0) is 10.4. The summed E-state index contributed by atoms with van der Waals surface area (Å²) in [5.41, 5.74) is 1.59. The van der Waals surface area contributed by atoms with Crippen LogP contribution >= 0.6 is 0 Å². The maximum atomic E-state index is 8.68. The molecule has 0 heterocycles. The zero-order valence-corrected chi connectivity index (χ0v) is 8.54. The molecule has 0 aliphatic heterocycles. The Hall–Kier alpha value is -1.73. The fourth-order valence-electron chi connectivity index (χ4n) is 1.02. The Bertz CT molecular complexity index is 399. The lowest BCUT2D eigenvalue weighted by molar-refractivity contribution is 0.676. The molecule has 0 atom stereocenters. The smallest absolute Gasteiger partial charge is 0.0992 e. The molecule has 0 spiro atoms. The van der Waals surface area contributed by atoms with Gasteiger partial charge in [0.25, 0.3) is 0 Å². The van der Waals surface area contributed by atoms with Gasteiger partial charge < -0.3 is 0 Å². The Balaban J connectivity index is 2.76. The summed E-state index contributed by atoms with van der Waals surface area (Å²) in [6.07, 6.45) is 0.900. The van der Waals surface area contributed by atoms with E-state index in [1.807, 2.05) is 18.2 Å². The summed E-state index contributed by atoms with van der Waals surface area (Å²) in [5, 5.41) is 8.68. The van der Waals surface area contributed by atoms with E-state index in [1.54, 1.807) is 6.07 Å². The summed E-state index contributed by atoms with van der Waals surface area (Å²) < 4.78 is 0. The fourth-order valence-corrected chi connectivity index (χ4v) is 1.02. The number of hydrogen-bond acceptors (Lipinski definition) is 1. The first kappa shape index (κ1) is 10.4. The average molecular weight is 183 g/mol. The van der Waals surface area contributed by atoms with Crippen LogP contribution in [0.15, 0.2) is 24.3 Å². The van der Waals surface area contributed by atoms with Gasteiger partial charge in [0.15, 0.2) is 0 Å². The van der Waals surface area contributed by atoms with Crippen molar-refractivity contribution in [1.29, 1.82) is 5.26 Å². The highest BCUT2D eigenvalue weighted by Crippen LogP contribution is 2.03. The first-order valence-electron chi connectivity index (χ1n) is 4.71. The van der Waals surface area contributed by atoms with Crippen molar-refractivity contribution in [1.82, 2.24) is 0 Å². The predicted molar refractivity (Wildman–Crippen MR) is 57.5 cm³/mol. The van der Waals surface area contributed by atoms with Crippen LogP contribution in [0.25, 0.3) is 0 Å². The van der Waals surface area contributed by atoms with Gasteiger partial charge in [0.05, 0.1) is 11.6 Å². The number of benzene rings is 1. The minimum atomic E-state index is 0.599. The molecule has 14 heavy (non-hydrogen) atoms. The van der Waals surface area contributed by atoms with Crippen LogP contribution in [-0.4, -0.2) is 0 Å². The van der Waals surface area contributed by atoms with Crippen molar-refractivity contribution in [2.45, 2.75) is 20.3 Å². The van der Waals surface area contributed by atoms with E-state index in [0.717, 1.165) is 12.0 Å². The molecule has 0 N–H and O–H groups in total. The quantitative estimate of drug-likeness (QED) is 0.614. The predicted octanol–water partition coefficient (Wildman–Crippen LogP) is 2.96. The summed E-state index contributed by atoms with van der Waals surface area (Å²) in [7, 11) is 0. The monoisotopic (exact) mass is 183 g/mol. The van der Waals surface area contributed by atoms with E-state index in [1.165, 1.54) is 0 Å². The fraction of sp³-hybridized carbons (Fsp3) is 0.308. The zero-order valence-electron chi connectivity index (χ0n) is 8.54. The Morgan fingerprint density at radius 3 is 2.64 bits per heavy atom. The summed E-state index contributed by atoms with van der Waals surface area (Å²) in [6, 6.07) is 9.48. The minimum Gasteiger partial charge on any atom is -0.192 e. The van der Waals surface area contributed by atoms with Gasteiger partial charge in [-0.25, -0.2) is 0 Å². The third-order valence-electron chi connectivity index (χ3n) is 1.73. The highest BCUT2D eigenvalue weighted by Gasteiger charge is 1.91. The Morgan fingerprint density at radius 1 is 1.29 bits per heavy atom. The van der Waals surface area contributed by atoms with Crippen molar-refractivity contribution in [2.24, 2.45) is 5.92 Å². The minimum absolute atomic E-state index is 0.599. The van der Waals surface area contributed by atoms with Gasteiger partial charge in [0.1, 0.15) is 0 Å². The summed E-state index contributed by atoms with van der Waals surface area (Å²) >= 11 is 0. The van der Waals surface area contributed by atoms with Gasteiger partial charge in [0.2, 0.25) is 0 Å². The Morgan fingerprint density at radius 2 is 2.00 bits per heavy atom. The first-order chi connectivity index (χ1) is 6.72. The van der Waals surface area contributed by atoms with E-state index < -0.39 is 0 Å². The SMILES string of the molecule is CC(C)CC#Cc1cccc(C#N)c1. The van der Waals surface area contributed by atoms with Gasteiger partial charge >= 0.3 is 0 Å². The number of hydrogen-bond donors (Lipinski definition) is 0. The van der Waals surface area contributed by atoms with Crippen LogP contribution in [0.3, 0.4) is 0 Å². The van der Waals surface area contributed by atoms with Crippen molar-refractivity contribution in [3.63, 3.8) is 0 Å². The first-order valence-corrected chi connectivity index (χ1v) is 4.71. The van der Waals surface area contributed by atoms with Gasteiger partial charge in [-0.05, 0) is 24.1 Å². The third kappa shape index (κ3) is 3.33. The summed E-state index contributed by atoms with van der Waals surface area (Å²) in [5.74, 6) is 6.74. The second kappa shape index (κ2) is 5.10. The van der Waals surface area contributed by atoms with Crippen LogP contribution in [-0.2, 0) is 0 Å². The highest BCUT2D eigenvalue weighted by molar-refractivity contribution is 5.41. The molecule has 0 aromatic heterocycles. The molecule has 0 amide bonds. The molecule has 0 unspecified atom stereocenters. The van der Waals surface area contributed by atoms with Gasteiger partial charge in [-0.2, -0.15) is 5.26 Å². The molecule has 70 valence electrons. The third-order valence-corrected chi connectivity index (χ3v) is 1.73. The second-order valence-electron chi connectivity index (χ2n) is 3.59. The van der Waals surface area contributed by atoms with Crippen LogP contribution in [0.5, 0.6) is 0 Å². The Labute approximate surface area is 85.4 Å². The summed E-state index contributed by atoms with van der Waals surface area (Å²) in [6.45, 7) is 4.28. The van der Waals surface area contributed by atoms with E-state index in [9.17, 15) is 0 Å². The lowest BCUT2D eigenvalue weighted by Crippen LogP contribution is -1.82. The molecule has 1 aromatic carbocycles. The molecule has 1 aromatic rings. The molecular weight excluding hydrogens is 170 g/mol. The van der Waals surface area contributed by atoms with Crippen molar-refractivity contribution in [3.05, 3.63) is 35.4 Å². The molecule has 1 rings (SSSR count). The molecular formula is C13H13N. The van der Waals surface area contributed by atoms with Gasteiger partial charge in [-0.3, -0.25) is 0 Å². The number of nitriles is 1. The van der Waals surface area contributed by atoms with E-state index in [-0.39, 0.29) is 0 Å². The lowest BCUT2D eigenvalue weighted by atomic mass is 10.1. The van der Waals surface area contributed by atoms with Crippen molar-refractivity contribution in [2.75, 3.05) is 0 Å². The molecule has 0 aliphatic carbocycles. The molecule has 0 saturated heterocycles. The van der Waals surface area contributed by atoms with Crippen molar-refractivity contribution < 1.29 is 0 Å². The normalized spacial score (nSPS) is 9.00. The average Bonchev–Trinajstić information content (AvgIpc) is 2.18. The van der Waals surface area contributed by atoms with Gasteiger partial charge in [-0.1, -0.05) is 31.8 Å². The van der Waals surface area contributed by atoms with Crippen LogP contribution < -0.4 is 0 Å². The topological polar surface area (TPSA) is 23.8 Å². The number of rotatable bonds is 1. The van der Waals surface area contributed by atoms with Gasteiger partial charge in [-0.15, -0.1) is 0 Å². The number of nitrogens with zero attached hydrogens (tertiary/aromatic N) is 1. The van der Waals surface area contributed by atoms with Crippen LogP contribution in [0.4, 0.5) is 0 Å². The summed E-state index contributed by atoms with van der Waals surface area (Å²) in [4.78, 5) is 0. The molecule has 0 bridgehead atoms.